The first-order valence-electron chi connectivity index (χ1n) is 8.82. The Hall–Kier alpha value is -2.32. The average Bonchev–Trinajstić information content (AvgIpc) is 2.66. The van der Waals surface area contributed by atoms with Gasteiger partial charge in [-0.3, -0.25) is 9.78 Å². The molecule has 1 atom stereocenters. The number of carbonyl (C=O) groups excluding carboxylic acids is 1. The van der Waals surface area contributed by atoms with E-state index in [1.807, 2.05) is 25.1 Å². The van der Waals surface area contributed by atoms with Gasteiger partial charge >= 0.3 is 0 Å². The molecule has 1 fully saturated rings. The highest BCUT2D eigenvalue weighted by Crippen LogP contribution is 2.24. The summed E-state index contributed by atoms with van der Waals surface area (Å²) in [5.41, 5.74) is 1.63. The van der Waals surface area contributed by atoms with Crippen molar-refractivity contribution < 1.29 is 17.6 Å². The van der Waals surface area contributed by atoms with Crippen molar-refractivity contribution in [1.82, 2.24) is 14.6 Å². The van der Waals surface area contributed by atoms with Gasteiger partial charge in [-0.2, -0.15) is 4.31 Å². The molecule has 0 bridgehead atoms. The number of hydrogen-bond donors (Lipinski definition) is 1. The van der Waals surface area contributed by atoms with E-state index in [9.17, 15) is 17.6 Å². The van der Waals surface area contributed by atoms with E-state index < -0.39 is 21.8 Å². The third-order valence-corrected chi connectivity index (χ3v) is 6.48. The van der Waals surface area contributed by atoms with Crippen molar-refractivity contribution in [3.8, 4) is 0 Å². The summed E-state index contributed by atoms with van der Waals surface area (Å²) in [4.78, 5) is 16.9. The minimum absolute atomic E-state index is 0.0360. The third-order valence-electron chi connectivity index (χ3n) is 4.60. The number of carbonyl (C=O) groups is 1. The van der Waals surface area contributed by atoms with Crippen LogP contribution in [0.15, 0.2) is 47.4 Å². The Morgan fingerprint density at radius 3 is 2.70 bits per heavy atom. The fraction of sp³-hybridized carbons (Fsp3) is 0.368. The van der Waals surface area contributed by atoms with Crippen LogP contribution in [0.4, 0.5) is 4.39 Å². The number of nitrogens with one attached hydrogen (secondary N) is 1. The molecule has 0 radical (unpaired) electrons. The van der Waals surface area contributed by atoms with Crippen molar-refractivity contribution in [3.05, 3.63) is 59.7 Å². The smallest absolute Gasteiger partial charge is 0.243 e. The van der Waals surface area contributed by atoms with E-state index in [1.54, 1.807) is 0 Å². The Morgan fingerprint density at radius 1 is 1.26 bits per heavy atom. The summed E-state index contributed by atoms with van der Waals surface area (Å²) in [5, 5.41) is 2.84. The number of rotatable bonds is 5. The lowest BCUT2D eigenvalue weighted by atomic mass is 9.99. The number of amides is 1. The van der Waals surface area contributed by atoms with Crippen LogP contribution >= 0.6 is 0 Å². The number of benzene rings is 1. The molecule has 27 heavy (non-hydrogen) atoms. The van der Waals surface area contributed by atoms with Crippen LogP contribution in [0.3, 0.4) is 0 Å². The van der Waals surface area contributed by atoms with Crippen molar-refractivity contribution in [1.29, 1.82) is 0 Å². The molecule has 144 valence electrons. The van der Waals surface area contributed by atoms with Gasteiger partial charge in [-0.25, -0.2) is 12.8 Å². The van der Waals surface area contributed by atoms with E-state index in [2.05, 4.69) is 10.3 Å². The van der Waals surface area contributed by atoms with Gasteiger partial charge in [-0.15, -0.1) is 0 Å². The molecule has 1 N–H and O–H groups in total. The molecule has 1 aromatic carbocycles. The van der Waals surface area contributed by atoms with E-state index in [4.69, 9.17) is 0 Å². The average molecular weight is 391 g/mol. The van der Waals surface area contributed by atoms with Gasteiger partial charge in [0.1, 0.15) is 5.82 Å². The normalized spacial score (nSPS) is 18.2. The molecule has 2 heterocycles. The van der Waals surface area contributed by atoms with Crippen LogP contribution in [-0.2, 0) is 21.4 Å². The quantitative estimate of drug-likeness (QED) is 0.848. The highest BCUT2D eigenvalue weighted by molar-refractivity contribution is 7.89. The Labute approximate surface area is 158 Å². The summed E-state index contributed by atoms with van der Waals surface area (Å²) in [5.74, 6) is -1.09. The molecular formula is C19H22FN3O3S. The lowest BCUT2D eigenvalue weighted by Crippen LogP contribution is -2.45. The van der Waals surface area contributed by atoms with E-state index in [0.717, 1.165) is 23.5 Å². The van der Waals surface area contributed by atoms with Crippen molar-refractivity contribution in [2.24, 2.45) is 5.92 Å². The molecule has 0 spiro atoms. The maximum absolute atomic E-state index is 13.1. The lowest BCUT2D eigenvalue weighted by Gasteiger charge is -2.31. The molecule has 1 unspecified atom stereocenters. The summed E-state index contributed by atoms with van der Waals surface area (Å²) < 4.78 is 39.9. The summed E-state index contributed by atoms with van der Waals surface area (Å²) in [6, 6.07) is 10.3. The molecule has 3 rings (SSSR count). The Bertz CT molecular complexity index is 916. The molecule has 1 aromatic heterocycles. The second-order valence-electron chi connectivity index (χ2n) is 6.64. The molecule has 0 aliphatic carbocycles. The van der Waals surface area contributed by atoms with Gasteiger partial charge in [-0.05, 0) is 56.2 Å². The zero-order valence-corrected chi connectivity index (χ0v) is 15.9. The Morgan fingerprint density at radius 2 is 2.00 bits per heavy atom. The lowest BCUT2D eigenvalue weighted by molar-refractivity contribution is -0.126. The van der Waals surface area contributed by atoms with Crippen LogP contribution in [0.25, 0.3) is 0 Å². The SMILES string of the molecule is Cc1cccc(CNC(=O)C2CCCN(S(=O)(=O)c3ccc(F)cc3)C2)n1. The van der Waals surface area contributed by atoms with Crippen LogP contribution in [0.2, 0.25) is 0 Å². The topological polar surface area (TPSA) is 79.4 Å². The third kappa shape index (κ3) is 4.70. The predicted molar refractivity (Wildman–Crippen MR) is 98.7 cm³/mol. The number of pyridine rings is 1. The van der Waals surface area contributed by atoms with Gasteiger partial charge < -0.3 is 5.32 Å². The Balaban J connectivity index is 1.64. The summed E-state index contributed by atoms with van der Waals surface area (Å²) >= 11 is 0. The highest BCUT2D eigenvalue weighted by atomic mass is 32.2. The molecule has 1 aliphatic rings. The van der Waals surface area contributed by atoms with Gasteiger partial charge in [0.05, 0.1) is 23.1 Å². The van der Waals surface area contributed by atoms with Crippen molar-refractivity contribution >= 4 is 15.9 Å². The van der Waals surface area contributed by atoms with Crippen LogP contribution in [0.5, 0.6) is 0 Å². The number of hydrogen-bond acceptors (Lipinski definition) is 4. The van der Waals surface area contributed by atoms with E-state index in [-0.39, 0.29) is 17.3 Å². The van der Waals surface area contributed by atoms with Gasteiger partial charge in [0.15, 0.2) is 0 Å². The molecule has 1 aliphatic heterocycles. The molecular weight excluding hydrogens is 369 g/mol. The molecule has 6 nitrogen and oxygen atoms in total. The molecule has 1 amide bonds. The monoisotopic (exact) mass is 391 g/mol. The highest BCUT2D eigenvalue weighted by Gasteiger charge is 2.33. The van der Waals surface area contributed by atoms with E-state index in [1.165, 1.54) is 16.4 Å². The maximum Gasteiger partial charge on any atom is 0.243 e. The second-order valence-corrected chi connectivity index (χ2v) is 8.58. The maximum atomic E-state index is 13.1. The number of sulfonamides is 1. The summed E-state index contributed by atoms with van der Waals surface area (Å²) in [6.45, 7) is 2.65. The van der Waals surface area contributed by atoms with Crippen molar-refractivity contribution in [2.45, 2.75) is 31.2 Å². The number of nitrogens with zero attached hydrogens (tertiary/aromatic N) is 2. The Kier molecular flexibility index (Phi) is 5.86. The second kappa shape index (κ2) is 8.14. The van der Waals surface area contributed by atoms with Crippen molar-refractivity contribution in [3.63, 3.8) is 0 Å². The minimum Gasteiger partial charge on any atom is -0.350 e. The van der Waals surface area contributed by atoms with Crippen LogP contribution < -0.4 is 5.32 Å². The fourth-order valence-corrected chi connectivity index (χ4v) is 4.67. The first-order valence-corrected chi connectivity index (χ1v) is 10.3. The number of aromatic nitrogens is 1. The molecule has 0 saturated carbocycles. The van der Waals surface area contributed by atoms with Crippen LogP contribution in [0.1, 0.15) is 24.2 Å². The number of piperidine rings is 1. The van der Waals surface area contributed by atoms with Crippen LogP contribution in [0, 0.1) is 18.7 Å². The van der Waals surface area contributed by atoms with Gasteiger partial charge in [0.2, 0.25) is 15.9 Å². The summed E-state index contributed by atoms with van der Waals surface area (Å²) in [7, 11) is -3.74. The molecule has 1 saturated heterocycles. The zero-order valence-electron chi connectivity index (χ0n) is 15.1. The summed E-state index contributed by atoms with van der Waals surface area (Å²) in [6.07, 6.45) is 1.23. The zero-order chi connectivity index (χ0) is 19.4. The molecule has 2 aromatic rings. The minimum atomic E-state index is -3.74. The van der Waals surface area contributed by atoms with E-state index >= 15 is 0 Å². The first-order chi connectivity index (χ1) is 12.9. The van der Waals surface area contributed by atoms with Gasteiger partial charge in [0.25, 0.3) is 0 Å². The van der Waals surface area contributed by atoms with Gasteiger partial charge in [-0.1, -0.05) is 6.07 Å². The number of aryl methyl sites for hydroxylation is 1. The standard InChI is InChI=1S/C19H22FN3O3S/c1-14-4-2-6-17(22-14)12-21-19(24)15-5-3-11-23(13-15)27(25,26)18-9-7-16(20)8-10-18/h2,4,6-10,15H,3,5,11-13H2,1H3,(H,21,24). The van der Waals surface area contributed by atoms with E-state index in [0.29, 0.717) is 25.9 Å². The molecule has 8 heteroatoms. The van der Waals surface area contributed by atoms with Crippen LogP contribution in [-0.4, -0.2) is 36.7 Å². The van der Waals surface area contributed by atoms with Crippen molar-refractivity contribution in [2.75, 3.05) is 13.1 Å². The first kappa shape index (κ1) is 19.4. The fourth-order valence-electron chi connectivity index (χ4n) is 3.15. The largest absolute Gasteiger partial charge is 0.350 e. The predicted octanol–water partition coefficient (Wildman–Crippen LogP) is 2.25. The van der Waals surface area contributed by atoms with Gasteiger partial charge in [0, 0.05) is 18.8 Å². The number of halogens is 1.